The van der Waals surface area contributed by atoms with Crippen LogP contribution in [-0.2, 0) is 0 Å². The van der Waals surface area contributed by atoms with Crippen LogP contribution in [0, 0.1) is 6.92 Å². The van der Waals surface area contributed by atoms with Gasteiger partial charge >= 0.3 is 0 Å². The van der Waals surface area contributed by atoms with Gasteiger partial charge in [-0.05, 0) is 19.1 Å². The third-order valence-corrected chi connectivity index (χ3v) is 1.68. The van der Waals surface area contributed by atoms with Crippen molar-refractivity contribution < 1.29 is 0 Å². The zero-order valence-electron chi connectivity index (χ0n) is 6.28. The van der Waals surface area contributed by atoms with Gasteiger partial charge in [-0.25, -0.2) is 0 Å². The number of fused-ring (bicyclic) bond motifs is 1. The SMILES string of the molecule is Cc1ccc2nn(N)cc2c1. The highest BCUT2D eigenvalue weighted by atomic mass is 15.5. The normalized spacial score (nSPS) is 10.6. The topological polar surface area (TPSA) is 43.8 Å². The minimum absolute atomic E-state index is 0.943. The highest BCUT2D eigenvalue weighted by Gasteiger charge is 1.96. The second kappa shape index (κ2) is 1.99. The molecule has 0 saturated heterocycles. The lowest BCUT2D eigenvalue weighted by Gasteiger charge is -1.88. The zero-order chi connectivity index (χ0) is 7.84. The molecule has 1 aromatic carbocycles. The first kappa shape index (κ1) is 6.22. The average Bonchev–Trinajstić information content (AvgIpc) is 2.27. The van der Waals surface area contributed by atoms with Crippen molar-refractivity contribution >= 4 is 10.9 Å². The molecule has 0 aliphatic carbocycles. The Balaban J connectivity index is 2.82. The fraction of sp³-hybridized carbons (Fsp3) is 0.125. The van der Waals surface area contributed by atoms with Crippen LogP contribution in [0.25, 0.3) is 10.9 Å². The summed E-state index contributed by atoms with van der Waals surface area (Å²) < 4.78 is 0. The minimum atomic E-state index is 0.943. The molecular weight excluding hydrogens is 138 g/mol. The summed E-state index contributed by atoms with van der Waals surface area (Å²) in [7, 11) is 0. The zero-order valence-corrected chi connectivity index (χ0v) is 6.28. The maximum atomic E-state index is 5.45. The molecule has 0 aliphatic heterocycles. The van der Waals surface area contributed by atoms with Gasteiger partial charge in [0.2, 0.25) is 0 Å². The van der Waals surface area contributed by atoms with Gasteiger partial charge in [0, 0.05) is 5.39 Å². The Morgan fingerprint density at radius 2 is 2.27 bits per heavy atom. The number of nitrogens with two attached hydrogens (primary N) is 1. The van der Waals surface area contributed by atoms with Crippen LogP contribution in [0.4, 0.5) is 0 Å². The van der Waals surface area contributed by atoms with Crippen LogP contribution in [0.1, 0.15) is 5.56 Å². The van der Waals surface area contributed by atoms with Crippen LogP contribution in [-0.4, -0.2) is 9.89 Å². The number of hydrogen-bond acceptors (Lipinski definition) is 2. The second-order valence-electron chi connectivity index (χ2n) is 2.67. The first-order valence-corrected chi connectivity index (χ1v) is 3.47. The van der Waals surface area contributed by atoms with Gasteiger partial charge in [0.05, 0.1) is 11.7 Å². The van der Waals surface area contributed by atoms with Gasteiger partial charge in [-0.2, -0.15) is 9.89 Å². The Hall–Kier alpha value is -1.51. The maximum Gasteiger partial charge on any atom is 0.0944 e. The van der Waals surface area contributed by atoms with E-state index in [1.807, 2.05) is 25.3 Å². The monoisotopic (exact) mass is 147 g/mol. The predicted molar refractivity (Wildman–Crippen MR) is 44.6 cm³/mol. The van der Waals surface area contributed by atoms with Gasteiger partial charge in [0.1, 0.15) is 0 Å². The van der Waals surface area contributed by atoms with E-state index in [2.05, 4.69) is 11.2 Å². The van der Waals surface area contributed by atoms with E-state index < -0.39 is 0 Å². The molecule has 3 heteroatoms. The molecule has 0 spiro atoms. The number of nitrogen functional groups attached to an aromatic ring is 1. The molecule has 0 amide bonds. The molecule has 0 radical (unpaired) electrons. The van der Waals surface area contributed by atoms with E-state index in [-0.39, 0.29) is 0 Å². The molecule has 11 heavy (non-hydrogen) atoms. The van der Waals surface area contributed by atoms with Crippen LogP contribution >= 0.6 is 0 Å². The number of aromatic nitrogens is 2. The lowest BCUT2D eigenvalue weighted by atomic mass is 10.2. The summed E-state index contributed by atoms with van der Waals surface area (Å²) in [6, 6.07) is 6.05. The standard InChI is InChI=1S/C8H9N3/c1-6-2-3-8-7(4-6)5-11(9)10-8/h2-5H,9H2,1H3. The fourth-order valence-corrected chi connectivity index (χ4v) is 1.16. The van der Waals surface area contributed by atoms with Crippen molar-refractivity contribution in [1.82, 2.24) is 9.89 Å². The van der Waals surface area contributed by atoms with E-state index in [1.165, 1.54) is 10.4 Å². The maximum absolute atomic E-state index is 5.45. The van der Waals surface area contributed by atoms with E-state index in [0.29, 0.717) is 0 Å². The van der Waals surface area contributed by atoms with Gasteiger partial charge in [-0.15, -0.1) is 0 Å². The molecule has 0 unspecified atom stereocenters. The molecule has 2 rings (SSSR count). The fourth-order valence-electron chi connectivity index (χ4n) is 1.16. The van der Waals surface area contributed by atoms with Crippen molar-refractivity contribution in [3.63, 3.8) is 0 Å². The number of rotatable bonds is 0. The van der Waals surface area contributed by atoms with E-state index in [9.17, 15) is 0 Å². The first-order chi connectivity index (χ1) is 5.25. The Morgan fingerprint density at radius 3 is 3.09 bits per heavy atom. The predicted octanol–water partition coefficient (Wildman–Crippen LogP) is 1.06. The quantitative estimate of drug-likeness (QED) is 0.566. The van der Waals surface area contributed by atoms with Crippen molar-refractivity contribution in [3.05, 3.63) is 30.0 Å². The third kappa shape index (κ3) is 0.941. The molecule has 0 bridgehead atoms. The Labute approximate surface area is 64.4 Å². The van der Waals surface area contributed by atoms with Gasteiger partial charge in [0.15, 0.2) is 0 Å². The van der Waals surface area contributed by atoms with Gasteiger partial charge < -0.3 is 5.84 Å². The molecule has 2 N–H and O–H groups in total. The summed E-state index contributed by atoms with van der Waals surface area (Å²) in [4.78, 5) is 1.34. The summed E-state index contributed by atoms with van der Waals surface area (Å²) in [5.74, 6) is 5.45. The largest absolute Gasteiger partial charge is 0.323 e. The van der Waals surface area contributed by atoms with Crippen molar-refractivity contribution in [3.8, 4) is 0 Å². The lowest BCUT2D eigenvalue weighted by Crippen LogP contribution is -2.07. The third-order valence-electron chi connectivity index (χ3n) is 1.68. The van der Waals surface area contributed by atoms with Crippen LogP contribution in [0.15, 0.2) is 24.4 Å². The van der Waals surface area contributed by atoms with Crippen molar-refractivity contribution in [2.45, 2.75) is 6.92 Å². The molecule has 3 nitrogen and oxygen atoms in total. The van der Waals surface area contributed by atoms with Gasteiger partial charge in [0.25, 0.3) is 0 Å². The van der Waals surface area contributed by atoms with Crippen molar-refractivity contribution in [2.75, 3.05) is 5.84 Å². The molecule has 56 valence electrons. The molecule has 2 aromatic rings. The smallest absolute Gasteiger partial charge is 0.0944 e. The Kier molecular flexibility index (Phi) is 1.12. The summed E-state index contributed by atoms with van der Waals surface area (Å²) in [5, 5.41) is 5.14. The molecule has 0 aliphatic rings. The van der Waals surface area contributed by atoms with Gasteiger partial charge in [-0.3, -0.25) is 0 Å². The van der Waals surface area contributed by atoms with Crippen molar-refractivity contribution in [2.24, 2.45) is 0 Å². The molecular formula is C8H9N3. The lowest BCUT2D eigenvalue weighted by molar-refractivity contribution is 0.846. The van der Waals surface area contributed by atoms with E-state index in [4.69, 9.17) is 5.84 Å². The van der Waals surface area contributed by atoms with Crippen LogP contribution < -0.4 is 5.84 Å². The number of hydrogen-bond donors (Lipinski definition) is 1. The second-order valence-corrected chi connectivity index (χ2v) is 2.67. The molecule has 0 saturated carbocycles. The first-order valence-electron chi connectivity index (χ1n) is 3.47. The Morgan fingerprint density at radius 1 is 1.45 bits per heavy atom. The van der Waals surface area contributed by atoms with Crippen LogP contribution in [0.3, 0.4) is 0 Å². The summed E-state index contributed by atoms with van der Waals surface area (Å²) in [6.45, 7) is 2.05. The summed E-state index contributed by atoms with van der Waals surface area (Å²) in [6.07, 6.45) is 1.81. The summed E-state index contributed by atoms with van der Waals surface area (Å²) in [5.41, 5.74) is 2.17. The molecule has 0 atom stereocenters. The van der Waals surface area contributed by atoms with Gasteiger partial charge in [-0.1, -0.05) is 11.6 Å². The van der Waals surface area contributed by atoms with E-state index in [0.717, 1.165) is 10.9 Å². The van der Waals surface area contributed by atoms with Crippen molar-refractivity contribution in [1.29, 1.82) is 0 Å². The van der Waals surface area contributed by atoms with Crippen LogP contribution in [0.2, 0.25) is 0 Å². The highest BCUT2D eigenvalue weighted by Crippen LogP contribution is 2.12. The average molecular weight is 147 g/mol. The Bertz CT molecular complexity index is 389. The molecule has 0 fully saturated rings. The molecule has 1 heterocycles. The molecule has 1 aromatic heterocycles. The van der Waals surface area contributed by atoms with Crippen LogP contribution in [0.5, 0.6) is 0 Å². The van der Waals surface area contributed by atoms with E-state index in [1.54, 1.807) is 0 Å². The number of benzene rings is 1. The highest BCUT2D eigenvalue weighted by molar-refractivity contribution is 5.78. The number of aryl methyl sites for hydroxylation is 1. The van der Waals surface area contributed by atoms with E-state index >= 15 is 0 Å². The minimum Gasteiger partial charge on any atom is -0.323 e. The summed E-state index contributed by atoms with van der Waals surface area (Å²) >= 11 is 0. The number of nitrogens with zero attached hydrogens (tertiary/aromatic N) is 2.